The summed E-state index contributed by atoms with van der Waals surface area (Å²) in [5.41, 5.74) is 1.84. The third-order valence-corrected chi connectivity index (χ3v) is 8.89. The fourth-order valence-corrected chi connectivity index (χ4v) is 6.52. The summed E-state index contributed by atoms with van der Waals surface area (Å²) in [6.07, 6.45) is 14.8. The number of nitrogens with one attached hydrogen (secondary N) is 1. The van der Waals surface area contributed by atoms with Gasteiger partial charge in [0.15, 0.2) is 12.1 Å². The van der Waals surface area contributed by atoms with Crippen molar-refractivity contribution in [2.45, 2.75) is 154 Å². The zero-order valence-electron chi connectivity index (χ0n) is 27.3. The molecule has 0 saturated carbocycles. The molecule has 0 bridgehead atoms. The summed E-state index contributed by atoms with van der Waals surface area (Å²) in [6, 6.07) is 7.71. The monoisotopic (exact) mass is 602 g/mol. The van der Waals surface area contributed by atoms with Crippen LogP contribution in [0.3, 0.4) is 0 Å². The number of ether oxygens (including phenoxy) is 5. The second kappa shape index (κ2) is 17.7. The molecule has 1 unspecified atom stereocenters. The molecule has 0 aromatic heterocycles. The second-order valence-corrected chi connectivity index (χ2v) is 13.2. The Hall–Kier alpha value is -1.71. The van der Waals surface area contributed by atoms with Crippen LogP contribution in [0.4, 0.5) is 10.5 Å². The summed E-state index contributed by atoms with van der Waals surface area (Å²) in [6.45, 7) is 11.3. The van der Waals surface area contributed by atoms with E-state index in [4.69, 9.17) is 23.7 Å². The van der Waals surface area contributed by atoms with E-state index in [-0.39, 0.29) is 12.2 Å². The van der Waals surface area contributed by atoms with Gasteiger partial charge in [-0.25, -0.2) is 4.79 Å². The number of rotatable bonds is 17. The summed E-state index contributed by atoms with van der Waals surface area (Å²) in [4.78, 5) is 15.5. The fraction of sp³-hybridized carbons (Fsp3) is 0.800. The predicted molar refractivity (Wildman–Crippen MR) is 170 cm³/mol. The van der Waals surface area contributed by atoms with Gasteiger partial charge >= 0.3 is 6.09 Å². The molecule has 3 fully saturated rings. The van der Waals surface area contributed by atoms with Crippen molar-refractivity contribution in [2.24, 2.45) is 0 Å². The normalized spacial score (nSPS) is 26.1. The Morgan fingerprint density at radius 3 is 2.16 bits per heavy atom. The largest absolute Gasteiger partial charge is 0.442 e. The maximum Gasteiger partial charge on any atom is 0.412 e. The first-order chi connectivity index (χ1) is 20.8. The molecule has 0 radical (unpaired) electrons. The highest BCUT2D eigenvalue weighted by molar-refractivity contribution is 5.84. The number of benzene rings is 1. The number of anilines is 1. The molecule has 5 atom stereocenters. The van der Waals surface area contributed by atoms with Gasteiger partial charge < -0.3 is 23.7 Å². The molecule has 3 saturated heterocycles. The first kappa shape index (κ1) is 34.2. The van der Waals surface area contributed by atoms with Gasteiger partial charge in [-0.2, -0.15) is 0 Å². The Kier molecular flexibility index (Phi) is 14.1. The Labute approximate surface area is 260 Å². The van der Waals surface area contributed by atoms with Crippen molar-refractivity contribution < 1.29 is 28.5 Å². The first-order valence-electron chi connectivity index (χ1n) is 17.2. The van der Waals surface area contributed by atoms with Crippen LogP contribution in [0, 0.1) is 6.92 Å². The zero-order valence-corrected chi connectivity index (χ0v) is 27.3. The van der Waals surface area contributed by atoms with Crippen molar-refractivity contribution in [1.29, 1.82) is 0 Å². The van der Waals surface area contributed by atoms with Crippen LogP contribution in [0.25, 0.3) is 0 Å². The Balaban J connectivity index is 1.33. The molecule has 1 aromatic rings. The van der Waals surface area contributed by atoms with Crippen molar-refractivity contribution in [2.75, 3.05) is 31.6 Å². The van der Waals surface area contributed by atoms with Gasteiger partial charge in [-0.05, 0) is 65.3 Å². The van der Waals surface area contributed by atoms with E-state index in [1.165, 1.54) is 64.2 Å². The van der Waals surface area contributed by atoms with E-state index in [1.54, 1.807) is 0 Å². The molecule has 4 rings (SSSR count). The van der Waals surface area contributed by atoms with Crippen LogP contribution in [0.5, 0.6) is 0 Å². The average Bonchev–Trinajstić information content (AvgIpc) is 3.32. The number of carbonyl (C=O) groups is 1. The van der Waals surface area contributed by atoms with Crippen molar-refractivity contribution in [3.05, 3.63) is 29.8 Å². The molecule has 1 aromatic carbocycles. The van der Waals surface area contributed by atoms with Crippen LogP contribution in [0.1, 0.15) is 116 Å². The number of nitrogens with zero attached hydrogens (tertiary/aromatic N) is 1. The van der Waals surface area contributed by atoms with Gasteiger partial charge in [-0.15, -0.1) is 0 Å². The smallest absolute Gasteiger partial charge is 0.412 e. The SMILES string of the molecule is CCCCCCCCCCCCO[C@H]1O[C@H](C(CN2CCCCCC2)OC(=O)Nc2ccc(C)cc2)[C@@H]2OC(C)(C)O[C@H]12. The van der Waals surface area contributed by atoms with E-state index in [2.05, 4.69) is 17.1 Å². The van der Waals surface area contributed by atoms with E-state index in [0.29, 0.717) is 18.8 Å². The van der Waals surface area contributed by atoms with E-state index in [9.17, 15) is 4.79 Å². The van der Waals surface area contributed by atoms with Gasteiger partial charge in [0.05, 0.1) is 0 Å². The number of carbonyl (C=O) groups excluding carboxylic acids is 1. The minimum absolute atomic E-state index is 0.362. The lowest BCUT2D eigenvalue weighted by Gasteiger charge is -2.32. The molecule has 3 heterocycles. The molecule has 1 N–H and O–H groups in total. The number of hydrogen-bond acceptors (Lipinski definition) is 7. The molecule has 43 heavy (non-hydrogen) atoms. The minimum Gasteiger partial charge on any atom is -0.442 e. The molecule has 3 aliphatic rings. The van der Waals surface area contributed by atoms with E-state index in [1.807, 2.05) is 45.0 Å². The van der Waals surface area contributed by atoms with E-state index >= 15 is 0 Å². The van der Waals surface area contributed by atoms with Crippen LogP contribution in [-0.4, -0.2) is 73.7 Å². The Morgan fingerprint density at radius 1 is 0.907 bits per heavy atom. The number of hydrogen-bond donors (Lipinski definition) is 1. The van der Waals surface area contributed by atoms with Gasteiger partial charge in [0.1, 0.15) is 24.4 Å². The topological polar surface area (TPSA) is 78.5 Å². The summed E-state index contributed by atoms with van der Waals surface area (Å²) in [7, 11) is 0. The van der Waals surface area contributed by atoms with E-state index < -0.39 is 30.4 Å². The number of aryl methyl sites for hydroxylation is 1. The lowest BCUT2D eigenvalue weighted by Crippen LogP contribution is -2.48. The number of fused-ring (bicyclic) bond motifs is 1. The summed E-state index contributed by atoms with van der Waals surface area (Å²) in [5.74, 6) is -0.757. The summed E-state index contributed by atoms with van der Waals surface area (Å²) < 4.78 is 31.6. The zero-order chi connectivity index (χ0) is 30.5. The average molecular weight is 603 g/mol. The highest BCUT2D eigenvalue weighted by Gasteiger charge is 2.58. The Morgan fingerprint density at radius 2 is 1.51 bits per heavy atom. The number of likely N-dealkylation sites (tertiary alicyclic amines) is 1. The van der Waals surface area contributed by atoms with Crippen molar-refractivity contribution in [3.8, 4) is 0 Å². The van der Waals surface area contributed by atoms with Gasteiger partial charge in [0, 0.05) is 18.8 Å². The van der Waals surface area contributed by atoms with Crippen LogP contribution >= 0.6 is 0 Å². The van der Waals surface area contributed by atoms with Crippen LogP contribution < -0.4 is 5.32 Å². The maximum atomic E-state index is 13.1. The molecular weight excluding hydrogens is 544 g/mol. The van der Waals surface area contributed by atoms with Gasteiger partial charge in [0.25, 0.3) is 0 Å². The highest BCUT2D eigenvalue weighted by atomic mass is 16.8. The molecule has 0 spiro atoms. The molecule has 8 heteroatoms. The summed E-state index contributed by atoms with van der Waals surface area (Å²) in [5, 5.41) is 2.90. The maximum absolute atomic E-state index is 13.1. The highest BCUT2D eigenvalue weighted by Crippen LogP contribution is 2.41. The summed E-state index contributed by atoms with van der Waals surface area (Å²) >= 11 is 0. The predicted octanol–water partition coefficient (Wildman–Crippen LogP) is 7.97. The quantitative estimate of drug-likeness (QED) is 0.181. The van der Waals surface area contributed by atoms with Crippen LogP contribution in [-0.2, 0) is 23.7 Å². The number of amides is 1. The molecule has 244 valence electrons. The van der Waals surface area contributed by atoms with Crippen molar-refractivity contribution in [1.82, 2.24) is 4.90 Å². The number of unbranched alkanes of at least 4 members (excludes halogenated alkanes) is 9. The Bertz CT molecular complexity index is 933. The molecule has 1 amide bonds. The molecule has 0 aliphatic carbocycles. The second-order valence-electron chi connectivity index (χ2n) is 13.2. The van der Waals surface area contributed by atoms with Crippen LogP contribution in [0.15, 0.2) is 24.3 Å². The lowest BCUT2D eigenvalue weighted by atomic mass is 10.0. The molecular formula is C35H58N2O6. The van der Waals surface area contributed by atoms with Gasteiger partial charge in [-0.1, -0.05) is 95.2 Å². The van der Waals surface area contributed by atoms with Crippen molar-refractivity contribution >= 4 is 11.8 Å². The van der Waals surface area contributed by atoms with E-state index in [0.717, 1.165) is 44.3 Å². The molecule has 3 aliphatic heterocycles. The fourth-order valence-electron chi connectivity index (χ4n) is 6.52. The third-order valence-electron chi connectivity index (χ3n) is 8.89. The third kappa shape index (κ3) is 11.3. The van der Waals surface area contributed by atoms with Crippen molar-refractivity contribution in [3.63, 3.8) is 0 Å². The van der Waals surface area contributed by atoms with Crippen LogP contribution in [0.2, 0.25) is 0 Å². The van der Waals surface area contributed by atoms with Gasteiger partial charge in [-0.3, -0.25) is 10.2 Å². The molecule has 8 nitrogen and oxygen atoms in total. The van der Waals surface area contributed by atoms with Gasteiger partial charge in [0.2, 0.25) is 0 Å². The first-order valence-corrected chi connectivity index (χ1v) is 17.2. The lowest BCUT2D eigenvalue weighted by molar-refractivity contribution is -0.243. The minimum atomic E-state index is -0.757. The standard InChI is InChI=1S/C35H58N2O6/c1-5-6-7-8-9-10-11-12-15-18-25-39-33-32-31(42-35(3,4)43-32)30(41-33)29(26-37-23-16-13-14-17-24-37)40-34(38)36-28-21-19-27(2)20-22-28/h19-22,29-33H,5-18,23-26H2,1-4H3,(H,36,38)/t29?,30-,31+,32+,33+/m1/s1.